The summed E-state index contributed by atoms with van der Waals surface area (Å²) in [6, 6.07) is 6.89. The average Bonchev–Trinajstić information content (AvgIpc) is 2.83. The number of ether oxygens (including phenoxy) is 1. The molecule has 0 spiro atoms. The Morgan fingerprint density at radius 1 is 1.12 bits per heavy atom. The lowest BCUT2D eigenvalue weighted by Crippen LogP contribution is -2.57. The number of hydrogen-bond donors (Lipinski definition) is 2. The molecule has 6 nitrogen and oxygen atoms in total. The summed E-state index contributed by atoms with van der Waals surface area (Å²) in [6.07, 6.45) is 1.03. The van der Waals surface area contributed by atoms with E-state index < -0.39 is 28.2 Å². The van der Waals surface area contributed by atoms with Gasteiger partial charge >= 0.3 is 5.97 Å². The molecular weight excluding hydrogens is 376 g/mol. The molecular formula is C17H19BrN2O4. The van der Waals surface area contributed by atoms with Gasteiger partial charge in [0.1, 0.15) is 0 Å². The molecule has 2 bridgehead atoms. The largest absolute Gasteiger partial charge is 0.448 e. The van der Waals surface area contributed by atoms with E-state index >= 15 is 0 Å². The Kier molecular flexibility index (Phi) is 3.75. The maximum atomic E-state index is 12.7. The summed E-state index contributed by atoms with van der Waals surface area (Å²) in [5.74, 6) is -1.30. The van der Waals surface area contributed by atoms with Gasteiger partial charge in [0.05, 0.1) is 11.0 Å². The highest BCUT2D eigenvalue weighted by molar-refractivity contribution is 9.10. The minimum Gasteiger partial charge on any atom is -0.448 e. The first-order valence-corrected chi connectivity index (χ1v) is 8.54. The van der Waals surface area contributed by atoms with Crippen LogP contribution >= 0.6 is 15.9 Å². The summed E-state index contributed by atoms with van der Waals surface area (Å²) in [4.78, 5) is 37.1. The zero-order chi connectivity index (χ0) is 17.8. The van der Waals surface area contributed by atoms with Crippen molar-refractivity contribution in [2.45, 2.75) is 39.2 Å². The molecule has 1 aliphatic carbocycles. The van der Waals surface area contributed by atoms with E-state index in [1.807, 2.05) is 20.8 Å². The molecule has 1 heterocycles. The highest BCUT2D eigenvalue weighted by atomic mass is 79.9. The first kappa shape index (κ1) is 17.0. The normalized spacial score (nSPS) is 29.9. The van der Waals surface area contributed by atoms with Crippen molar-refractivity contribution >= 4 is 33.7 Å². The van der Waals surface area contributed by atoms with Gasteiger partial charge in [-0.1, -0.05) is 26.0 Å². The number of amides is 2. The molecule has 2 unspecified atom stereocenters. The van der Waals surface area contributed by atoms with Crippen molar-refractivity contribution in [3.05, 3.63) is 34.3 Å². The van der Waals surface area contributed by atoms with Crippen LogP contribution in [-0.4, -0.2) is 23.4 Å². The second-order valence-electron chi connectivity index (χ2n) is 7.06. The Hall–Kier alpha value is -1.89. The van der Waals surface area contributed by atoms with E-state index in [2.05, 4.69) is 26.8 Å². The predicted molar refractivity (Wildman–Crippen MR) is 89.7 cm³/mol. The van der Waals surface area contributed by atoms with E-state index in [-0.39, 0.29) is 5.97 Å². The molecule has 1 aromatic rings. The lowest BCUT2D eigenvalue weighted by Gasteiger charge is -2.35. The number of fused-ring (bicyclic) bond motifs is 2. The van der Waals surface area contributed by atoms with Crippen LogP contribution in [0, 0.1) is 10.8 Å². The maximum absolute atomic E-state index is 12.7. The van der Waals surface area contributed by atoms with E-state index in [0.29, 0.717) is 22.9 Å². The maximum Gasteiger partial charge on any atom is 0.313 e. The van der Waals surface area contributed by atoms with Crippen LogP contribution in [0.15, 0.2) is 28.7 Å². The molecule has 24 heavy (non-hydrogen) atoms. The van der Waals surface area contributed by atoms with Crippen molar-refractivity contribution in [1.29, 1.82) is 0 Å². The van der Waals surface area contributed by atoms with Crippen LogP contribution in [-0.2, 0) is 14.3 Å². The summed E-state index contributed by atoms with van der Waals surface area (Å²) in [5, 5.41) is 0. The molecule has 2 aliphatic rings. The molecule has 1 aliphatic heterocycles. The zero-order valence-electron chi connectivity index (χ0n) is 13.7. The van der Waals surface area contributed by atoms with Gasteiger partial charge in [0, 0.05) is 9.89 Å². The van der Waals surface area contributed by atoms with Crippen molar-refractivity contribution in [1.82, 2.24) is 10.9 Å². The lowest BCUT2D eigenvalue weighted by atomic mass is 9.66. The van der Waals surface area contributed by atoms with E-state index in [1.54, 1.807) is 24.3 Å². The first-order valence-electron chi connectivity index (χ1n) is 7.74. The molecule has 1 saturated carbocycles. The summed E-state index contributed by atoms with van der Waals surface area (Å²) in [6.45, 7) is 5.55. The van der Waals surface area contributed by atoms with Crippen LogP contribution < -0.4 is 10.9 Å². The molecule has 7 heteroatoms. The Morgan fingerprint density at radius 2 is 1.79 bits per heavy atom. The molecule has 2 atom stereocenters. The van der Waals surface area contributed by atoms with Gasteiger partial charge < -0.3 is 4.74 Å². The van der Waals surface area contributed by atoms with Crippen molar-refractivity contribution in [2.24, 2.45) is 10.8 Å². The Balaban J connectivity index is 1.76. The lowest BCUT2D eigenvalue weighted by molar-refractivity contribution is -0.168. The molecule has 0 aromatic heterocycles. The van der Waals surface area contributed by atoms with E-state index in [0.717, 1.165) is 0 Å². The summed E-state index contributed by atoms with van der Waals surface area (Å²) >= 11 is 3.29. The number of benzene rings is 1. The summed E-state index contributed by atoms with van der Waals surface area (Å²) in [5.41, 5.74) is 2.63. The molecule has 3 rings (SSSR count). The van der Waals surface area contributed by atoms with Gasteiger partial charge in [0.15, 0.2) is 5.60 Å². The van der Waals surface area contributed by atoms with Crippen molar-refractivity contribution < 1.29 is 19.1 Å². The number of carbonyl (C=O) groups is 3. The number of nitrogens with one attached hydrogen (secondary N) is 2. The Morgan fingerprint density at radius 3 is 2.33 bits per heavy atom. The third-order valence-electron chi connectivity index (χ3n) is 5.86. The number of hydrazine groups is 1. The fourth-order valence-corrected chi connectivity index (χ4v) is 4.14. The van der Waals surface area contributed by atoms with Gasteiger partial charge in [-0.3, -0.25) is 25.2 Å². The zero-order valence-corrected chi connectivity index (χ0v) is 15.3. The van der Waals surface area contributed by atoms with Gasteiger partial charge in [-0.05, 0) is 47.8 Å². The Bertz CT molecular complexity index is 748. The van der Waals surface area contributed by atoms with E-state index in [9.17, 15) is 14.4 Å². The SMILES string of the molecule is CC12CCC(C(=O)NNC(=O)c3ccccc3Br)(OC1=O)C2(C)C. The topological polar surface area (TPSA) is 84.5 Å². The summed E-state index contributed by atoms with van der Waals surface area (Å²) in [7, 11) is 0. The van der Waals surface area contributed by atoms with Crippen LogP contribution in [0.3, 0.4) is 0 Å². The molecule has 2 amide bonds. The van der Waals surface area contributed by atoms with Gasteiger partial charge in [0.2, 0.25) is 0 Å². The van der Waals surface area contributed by atoms with Crippen molar-refractivity contribution in [2.75, 3.05) is 0 Å². The van der Waals surface area contributed by atoms with Crippen molar-refractivity contribution in [3.63, 3.8) is 0 Å². The number of halogens is 1. The monoisotopic (exact) mass is 394 g/mol. The molecule has 0 radical (unpaired) electrons. The van der Waals surface area contributed by atoms with Gasteiger partial charge in [-0.25, -0.2) is 0 Å². The minimum atomic E-state index is -1.25. The molecule has 2 N–H and O–H groups in total. The second-order valence-corrected chi connectivity index (χ2v) is 7.92. The fourth-order valence-electron chi connectivity index (χ4n) is 3.67. The molecule has 1 aromatic carbocycles. The second kappa shape index (κ2) is 5.31. The molecule has 128 valence electrons. The molecule has 1 saturated heterocycles. The van der Waals surface area contributed by atoms with Crippen LogP contribution in [0.4, 0.5) is 0 Å². The number of esters is 1. The average molecular weight is 395 g/mol. The highest BCUT2D eigenvalue weighted by Gasteiger charge is 2.75. The van der Waals surface area contributed by atoms with Gasteiger partial charge in [-0.15, -0.1) is 0 Å². The van der Waals surface area contributed by atoms with Crippen LogP contribution in [0.5, 0.6) is 0 Å². The highest BCUT2D eigenvalue weighted by Crippen LogP contribution is 2.65. The van der Waals surface area contributed by atoms with Crippen molar-refractivity contribution in [3.8, 4) is 0 Å². The van der Waals surface area contributed by atoms with Gasteiger partial charge in [-0.2, -0.15) is 0 Å². The van der Waals surface area contributed by atoms with Crippen LogP contribution in [0.25, 0.3) is 0 Å². The van der Waals surface area contributed by atoms with E-state index in [1.165, 1.54) is 0 Å². The fraction of sp³-hybridized carbons (Fsp3) is 0.471. The standard InChI is InChI=1S/C17H19BrN2O4/c1-15(2)16(3)8-9-17(15,24-14(16)23)13(22)20-19-12(21)10-6-4-5-7-11(10)18/h4-7H,8-9H2,1-3H3,(H,19,21)(H,20,22). The number of rotatable bonds is 2. The first-order chi connectivity index (χ1) is 11.2. The Labute approximate surface area is 148 Å². The smallest absolute Gasteiger partial charge is 0.313 e. The predicted octanol–water partition coefficient (Wildman–Crippen LogP) is 2.33. The third-order valence-corrected chi connectivity index (χ3v) is 6.55. The van der Waals surface area contributed by atoms with Gasteiger partial charge in [0.25, 0.3) is 11.8 Å². The number of carbonyl (C=O) groups excluding carboxylic acids is 3. The third kappa shape index (κ3) is 2.03. The quantitative estimate of drug-likeness (QED) is 0.595. The number of hydrogen-bond acceptors (Lipinski definition) is 4. The van der Waals surface area contributed by atoms with Crippen LogP contribution in [0.1, 0.15) is 44.0 Å². The van der Waals surface area contributed by atoms with Crippen LogP contribution in [0.2, 0.25) is 0 Å². The minimum absolute atomic E-state index is 0.356. The van der Waals surface area contributed by atoms with E-state index in [4.69, 9.17) is 4.74 Å². The molecule has 2 fully saturated rings. The summed E-state index contributed by atoms with van der Waals surface area (Å²) < 4.78 is 6.10.